The van der Waals surface area contributed by atoms with Crippen molar-refractivity contribution >= 4 is 11.9 Å². The molecule has 84 valence electrons. The minimum absolute atomic E-state index is 0.00657. The van der Waals surface area contributed by atoms with E-state index in [9.17, 15) is 9.59 Å². The van der Waals surface area contributed by atoms with Crippen LogP contribution in [0.25, 0.3) is 10.4 Å². The lowest BCUT2D eigenvalue weighted by Crippen LogP contribution is -2.33. The molecule has 0 N–H and O–H groups in total. The molecule has 4 atom stereocenters. The second-order valence-electron chi connectivity index (χ2n) is 4.05. The van der Waals surface area contributed by atoms with E-state index in [2.05, 4.69) is 14.8 Å². The average molecular weight is 221 g/mol. The van der Waals surface area contributed by atoms with E-state index in [0.717, 1.165) is 6.42 Å². The number of azide groups is 1. The number of carbonyl (C=O) groups excluding carboxylic acids is 2. The highest BCUT2D eigenvalue weighted by molar-refractivity contribution is 5.87. The molecule has 1 saturated carbocycles. The number of rotatable bonds is 2. The van der Waals surface area contributed by atoms with Crippen molar-refractivity contribution in [3.05, 3.63) is 22.6 Å². The van der Waals surface area contributed by atoms with Crippen LogP contribution in [0.3, 0.4) is 0 Å². The van der Waals surface area contributed by atoms with Crippen molar-refractivity contribution in [1.82, 2.24) is 0 Å². The Morgan fingerprint density at radius 1 is 1.38 bits per heavy atom. The second-order valence-corrected chi connectivity index (χ2v) is 4.05. The van der Waals surface area contributed by atoms with Crippen LogP contribution in [-0.2, 0) is 14.3 Å². The van der Waals surface area contributed by atoms with Crippen molar-refractivity contribution in [2.24, 2.45) is 28.8 Å². The molecule has 2 rings (SSSR count). The van der Waals surface area contributed by atoms with E-state index in [1.807, 2.05) is 12.2 Å². The van der Waals surface area contributed by atoms with Crippen LogP contribution in [0.4, 0.5) is 0 Å². The van der Waals surface area contributed by atoms with Crippen LogP contribution < -0.4 is 0 Å². The van der Waals surface area contributed by atoms with Gasteiger partial charge in [-0.1, -0.05) is 12.2 Å². The Balaban J connectivity index is 2.28. The fourth-order valence-electron chi connectivity index (χ4n) is 2.73. The van der Waals surface area contributed by atoms with Crippen LogP contribution in [0.2, 0.25) is 0 Å². The Hall–Kier alpha value is -1.81. The van der Waals surface area contributed by atoms with Gasteiger partial charge in [-0.25, -0.2) is 0 Å². The summed E-state index contributed by atoms with van der Waals surface area (Å²) in [4.78, 5) is 25.7. The van der Waals surface area contributed by atoms with Crippen molar-refractivity contribution in [3.8, 4) is 0 Å². The fourth-order valence-corrected chi connectivity index (χ4v) is 2.73. The first-order valence-electron chi connectivity index (χ1n) is 5.04. The fraction of sp³-hybridized carbons (Fsp3) is 0.600. The maximum absolute atomic E-state index is 11.6. The number of esters is 1. The number of amides is 1. The highest BCUT2D eigenvalue weighted by atomic mass is 16.5. The maximum Gasteiger partial charge on any atom is 0.310 e. The number of fused-ring (bicyclic) bond motifs is 2. The number of hydrogen-bond acceptors (Lipinski definition) is 3. The third kappa shape index (κ3) is 1.47. The van der Waals surface area contributed by atoms with Gasteiger partial charge in [0.15, 0.2) is 0 Å². The number of ether oxygens (including phenoxy) is 1. The number of methoxy groups -OCH3 is 1. The van der Waals surface area contributed by atoms with Gasteiger partial charge < -0.3 is 4.74 Å². The largest absolute Gasteiger partial charge is 0.469 e. The molecule has 2 aliphatic carbocycles. The van der Waals surface area contributed by atoms with Gasteiger partial charge in [0.2, 0.25) is 5.91 Å². The number of allylic oxidation sites excluding steroid dienone is 2. The molecule has 6 nitrogen and oxygen atoms in total. The predicted molar refractivity (Wildman–Crippen MR) is 53.9 cm³/mol. The van der Waals surface area contributed by atoms with Gasteiger partial charge in [-0.2, -0.15) is 0 Å². The topological polar surface area (TPSA) is 92.1 Å². The first kappa shape index (κ1) is 10.7. The van der Waals surface area contributed by atoms with E-state index in [-0.39, 0.29) is 11.8 Å². The van der Waals surface area contributed by atoms with Gasteiger partial charge in [-0.15, -0.1) is 0 Å². The zero-order chi connectivity index (χ0) is 11.7. The van der Waals surface area contributed by atoms with Crippen molar-refractivity contribution in [3.63, 3.8) is 0 Å². The van der Waals surface area contributed by atoms with Gasteiger partial charge in [-0.05, 0) is 28.9 Å². The second kappa shape index (κ2) is 3.98. The summed E-state index contributed by atoms with van der Waals surface area (Å²) in [6.07, 6.45) is 4.61. The van der Waals surface area contributed by atoms with Gasteiger partial charge in [0, 0.05) is 10.8 Å². The zero-order valence-electron chi connectivity index (χ0n) is 8.74. The molecule has 0 aromatic rings. The summed E-state index contributed by atoms with van der Waals surface area (Å²) >= 11 is 0. The lowest BCUT2D eigenvalue weighted by atomic mass is 9.82. The third-order valence-corrected chi connectivity index (χ3v) is 3.36. The smallest absolute Gasteiger partial charge is 0.310 e. The molecule has 16 heavy (non-hydrogen) atoms. The number of nitrogens with zero attached hydrogens (tertiary/aromatic N) is 3. The molecule has 0 aromatic heterocycles. The third-order valence-electron chi connectivity index (χ3n) is 3.36. The highest BCUT2D eigenvalue weighted by Gasteiger charge is 2.51. The van der Waals surface area contributed by atoms with E-state index in [0.29, 0.717) is 0 Å². The molecular formula is C10H11N3O3. The molecule has 0 spiro atoms. The molecule has 0 unspecified atom stereocenters. The van der Waals surface area contributed by atoms with E-state index in [1.165, 1.54) is 7.11 Å². The molecule has 2 aliphatic rings. The van der Waals surface area contributed by atoms with Crippen LogP contribution in [0.1, 0.15) is 6.42 Å². The molecule has 0 aromatic carbocycles. The molecule has 0 aliphatic heterocycles. The Bertz CT molecular complexity index is 412. The van der Waals surface area contributed by atoms with Crippen LogP contribution in [0.15, 0.2) is 17.3 Å². The van der Waals surface area contributed by atoms with E-state index >= 15 is 0 Å². The normalized spacial score (nSPS) is 34.6. The molecule has 1 amide bonds. The molecule has 0 heterocycles. The van der Waals surface area contributed by atoms with E-state index in [4.69, 9.17) is 5.53 Å². The Kier molecular flexibility index (Phi) is 2.66. The minimum Gasteiger partial charge on any atom is -0.469 e. The van der Waals surface area contributed by atoms with Gasteiger partial charge in [0.1, 0.15) is 0 Å². The summed E-state index contributed by atoms with van der Waals surface area (Å²) < 4.78 is 4.69. The van der Waals surface area contributed by atoms with Gasteiger partial charge >= 0.3 is 5.97 Å². The van der Waals surface area contributed by atoms with Gasteiger partial charge in [-0.3, -0.25) is 9.59 Å². The molecule has 0 radical (unpaired) electrons. The minimum atomic E-state index is -0.560. The number of hydrogen-bond donors (Lipinski definition) is 0. The summed E-state index contributed by atoms with van der Waals surface area (Å²) in [5, 5.41) is 3.09. The molecule has 0 saturated heterocycles. The zero-order valence-corrected chi connectivity index (χ0v) is 8.74. The summed E-state index contributed by atoms with van der Waals surface area (Å²) in [5.74, 6) is -1.94. The molecule has 6 heteroatoms. The van der Waals surface area contributed by atoms with Gasteiger partial charge in [0.05, 0.1) is 13.0 Å². The number of carbonyl (C=O) groups is 2. The first-order chi connectivity index (χ1) is 7.69. The lowest BCUT2D eigenvalue weighted by Gasteiger charge is -2.22. The lowest BCUT2D eigenvalue weighted by molar-refractivity contribution is -0.150. The van der Waals surface area contributed by atoms with E-state index in [1.54, 1.807) is 0 Å². The summed E-state index contributed by atoms with van der Waals surface area (Å²) in [5.41, 5.74) is 8.25. The summed E-state index contributed by atoms with van der Waals surface area (Å²) in [7, 11) is 1.30. The molecule has 1 fully saturated rings. The summed E-state index contributed by atoms with van der Waals surface area (Å²) in [6, 6.07) is 0. The van der Waals surface area contributed by atoms with Crippen molar-refractivity contribution in [1.29, 1.82) is 0 Å². The highest BCUT2D eigenvalue weighted by Crippen LogP contribution is 2.48. The monoisotopic (exact) mass is 221 g/mol. The van der Waals surface area contributed by atoms with E-state index < -0.39 is 23.7 Å². The van der Waals surface area contributed by atoms with Crippen LogP contribution in [0, 0.1) is 23.7 Å². The van der Waals surface area contributed by atoms with Crippen LogP contribution >= 0.6 is 0 Å². The molecular weight excluding hydrogens is 210 g/mol. The predicted octanol–water partition coefficient (Wildman–Crippen LogP) is 1.43. The van der Waals surface area contributed by atoms with Crippen molar-refractivity contribution in [2.45, 2.75) is 6.42 Å². The molecule has 2 bridgehead atoms. The standard InChI is InChI=1S/C10H11N3O3/c1-16-10(15)8-6-3-2-5(4-6)7(8)9(14)12-13-11/h2-3,5-8H,4H2,1H3/t5-,6+,7+,8-/m0/s1. The summed E-state index contributed by atoms with van der Waals surface area (Å²) in [6.45, 7) is 0. The maximum atomic E-state index is 11.6. The Morgan fingerprint density at radius 2 is 2.00 bits per heavy atom. The Morgan fingerprint density at radius 3 is 2.56 bits per heavy atom. The van der Waals surface area contributed by atoms with Crippen LogP contribution in [0.5, 0.6) is 0 Å². The quantitative estimate of drug-likeness (QED) is 0.232. The van der Waals surface area contributed by atoms with Crippen molar-refractivity contribution < 1.29 is 14.3 Å². The average Bonchev–Trinajstić information content (AvgIpc) is 2.87. The first-order valence-corrected chi connectivity index (χ1v) is 5.04. The Labute approximate surface area is 91.9 Å². The SMILES string of the molecule is COC(=O)[C@@H]1[C@H](C(=O)N=[N+]=[N-])[C@H]2C=C[C@@H]1C2. The van der Waals surface area contributed by atoms with Gasteiger partial charge in [0.25, 0.3) is 0 Å². The van der Waals surface area contributed by atoms with Crippen molar-refractivity contribution in [2.75, 3.05) is 7.11 Å². The van der Waals surface area contributed by atoms with Crippen LogP contribution in [-0.4, -0.2) is 19.0 Å².